The second-order valence-electron chi connectivity index (χ2n) is 5.98. The van der Waals surface area contributed by atoms with Crippen LogP contribution in [0.4, 0.5) is 11.5 Å². The van der Waals surface area contributed by atoms with Gasteiger partial charge in [0.15, 0.2) is 0 Å². The number of benzene rings is 1. The lowest BCUT2D eigenvalue weighted by Gasteiger charge is -2.12. The van der Waals surface area contributed by atoms with Crippen LogP contribution in [0.1, 0.15) is 22.5 Å². The second kappa shape index (κ2) is 7.18. The molecular weight excluding hydrogens is 330 g/mol. The van der Waals surface area contributed by atoms with E-state index < -0.39 is 4.92 Å². The Hall–Kier alpha value is -3.48. The van der Waals surface area contributed by atoms with Gasteiger partial charge in [-0.05, 0) is 44.5 Å². The Morgan fingerprint density at radius 3 is 2.62 bits per heavy atom. The van der Waals surface area contributed by atoms with E-state index in [0.29, 0.717) is 5.82 Å². The Balaban J connectivity index is 1.80. The first-order chi connectivity index (χ1) is 12.5. The number of nitrogens with one attached hydrogen (secondary N) is 1. The zero-order valence-electron chi connectivity index (χ0n) is 14.8. The normalized spacial score (nSPS) is 11.0. The van der Waals surface area contributed by atoms with Crippen LogP contribution in [0.2, 0.25) is 0 Å². The smallest absolute Gasteiger partial charge is 0.287 e. The molecule has 0 saturated heterocycles. The van der Waals surface area contributed by atoms with Crippen molar-refractivity contribution in [2.75, 3.05) is 5.43 Å². The molecule has 0 aliphatic rings. The summed E-state index contributed by atoms with van der Waals surface area (Å²) in [6.45, 7) is 6.19. The van der Waals surface area contributed by atoms with Gasteiger partial charge in [0.25, 0.3) is 5.69 Å². The fraction of sp³-hybridized carbons (Fsp3) is 0.158. The topological polar surface area (TPSA) is 85.3 Å². The first-order valence-corrected chi connectivity index (χ1v) is 8.12. The molecule has 2 heterocycles. The van der Waals surface area contributed by atoms with E-state index in [9.17, 15) is 10.1 Å². The SMILES string of the molecule is Cc1ccccc1-n1c(C)cc(/C=N\Nc2ccc([N+](=O)[O-])cn2)c1C. The van der Waals surface area contributed by atoms with Crippen molar-refractivity contribution in [2.24, 2.45) is 5.10 Å². The number of rotatable bonds is 5. The van der Waals surface area contributed by atoms with Gasteiger partial charge in [0.05, 0.1) is 11.1 Å². The summed E-state index contributed by atoms with van der Waals surface area (Å²) in [6, 6.07) is 13.2. The molecule has 0 aliphatic carbocycles. The summed E-state index contributed by atoms with van der Waals surface area (Å²) in [5, 5.41) is 14.8. The van der Waals surface area contributed by atoms with Crippen molar-refractivity contribution in [3.05, 3.63) is 81.3 Å². The van der Waals surface area contributed by atoms with Gasteiger partial charge in [-0.1, -0.05) is 18.2 Å². The number of nitrogens with zero attached hydrogens (tertiary/aromatic N) is 4. The highest BCUT2D eigenvalue weighted by atomic mass is 16.6. The fourth-order valence-corrected chi connectivity index (χ4v) is 2.83. The number of pyridine rings is 1. The van der Waals surface area contributed by atoms with Crippen LogP contribution < -0.4 is 5.43 Å². The van der Waals surface area contributed by atoms with Crippen LogP contribution in [-0.2, 0) is 0 Å². The van der Waals surface area contributed by atoms with E-state index in [1.165, 1.54) is 23.9 Å². The molecule has 0 unspecified atom stereocenters. The van der Waals surface area contributed by atoms with Gasteiger partial charge in [-0.3, -0.25) is 15.5 Å². The second-order valence-corrected chi connectivity index (χ2v) is 5.98. The molecule has 26 heavy (non-hydrogen) atoms. The van der Waals surface area contributed by atoms with E-state index in [0.717, 1.165) is 22.6 Å². The predicted molar refractivity (Wildman–Crippen MR) is 102 cm³/mol. The Morgan fingerprint density at radius 2 is 1.96 bits per heavy atom. The quantitative estimate of drug-likeness (QED) is 0.426. The van der Waals surface area contributed by atoms with Crippen molar-refractivity contribution in [3.8, 4) is 5.69 Å². The van der Waals surface area contributed by atoms with Crippen LogP contribution in [0.25, 0.3) is 5.69 Å². The molecule has 3 aromatic rings. The van der Waals surface area contributed by atoms with Crippen molar-refractivity contribution >= 4 is 17.7 Å². The van der Waals surface area contributed by atoms with Gasteiger partial charge in [-0.25, -0.2) is 4.98 Å². The molecule has 0 bridgehead atoms. The number of nitro groups is 1. The van der Waals surface area contributed by atoms with Gasteiger partial charge in [0, 0.05) is 28.7 Å². The summed E-state index contributed by atoms with van der Waals surface area (Å²) in [5.74, 6) is 0.444. The summed E-state index contributed by atoms with van der Waals surface area (Å²) in [5.41, 5.74) is 8.27. The minimum atomic E-state index is -0.486. The molecule has 7 nitrogen and oxygen atoms in total. The molecule has 1 aromatic carbocycles. The van der Waals surface area contributed by atoms with E-state index in [1.54, 1.807) is 6.21 Å². The monoisotopic (exact) mass is 349 g/mol. The van der Waals surface area contributed by atoms with Gasteiger partial charge < -0.3 is 4.57 Å². The van der Waals surface area contributed by atoms with E-state index >= 15 is 0 Å². The van der Waals surface area contributed by atoms with Crippen molar-refractivity contribution in [3.63, 3.8) is 0 Å². The average Bonchev–Trinajstić information content (AvgIpc) is 2.90. The largest absolute Gasteiger partial charge is 0.318 e. The Morgan fingerprint density at radius 1 is 1.19 bits per heavy atom. The van der Waals surface area contributed by atoms with E-state index in [4.69, 9.17) is 0 Å². The van der Waals surface area contributed by atoms with Gasteiger partial charge in [0.1, 0.15) is 12.0 Å². The zero-order valence-corrected chi connectivity index (χ0v) is 14.8. The molecular formula is C19H19N5O2. The molecule has 2 aromatic heterocycles. The lowest BCUT2D eigenvalue weighted by atomic mass is 10.2. The average molecular weight is 349 g/mol. The summed E-state index contributed by atoms with van der Waals surface area (Å²) >= 11 is 0. The third kappa shape index (κ3) is 3.46. The Bertz CT molecular complexity index is 974. The molecule has 0 radical (unpaired) electrons. The molecule has 0 atom stereocenters. The van der Waals surface area contributed by atoms with Crippen molar-refractivity contribution in [1.82, 2.24) is 9.55 Å². The third-order valence-corrected chi connectivity index (χ3v) is 4.17. The Labute approximate surface area is 151 Å². The summed E-state index contributed by atoms with van der Waals surface area (Å²) in [7, 11) is 0. The minimum Gasteiger partial charge on any atom is -0.318 e. The van der Waals surface area contributed by atoms with E-state index in [1.807, 2.05) is 19.1 Å². The first kappa shape index (κ1) is 17.3. The lowest BCUT2D eigenvalue weighted by molar-refractivity contribution is -0.385. The van der Waals surface area contributed by atoms with Gasteiger partial charge in [-0.15, -0.1) is 0 Å². The van der Waals surface area contributed by atoms with Crippen molar-refractivity contribution in [1.29, 1.82) is 0 Å². The van der Waals surface area contributed by atoms with E-state index in [2.05, 4.69) is 52.1 Å². The minimum absolute atomic E-state index is 0.0543. The highest BCUT2D eigenvalue weighted by Gasteiger charge is 2.11. The molecule has 3 rings (SSSR count). The first-order valence-electron chi connectivity index (χ1n) is 8.12. The molecule has 0 fully saturated rings. The molecule has 0 spiro atoms. The number of para-hydroxylation sites is 1. The maximum Gasteiger partial charge on any atom is 0.287 e. The maximum absolute atomic E-state index is 10.6. The molecule has 132 valence electrons. The van der Waals surface area contributed by atoms with Crippen molar-refractivity contribution < 1.29 is 4.92 Å². The van der Waals surface area contributed by atoms with Crippen LogP contribution in [0.5, 0.6) is 0 Å². The summed E-state index contributed by atoms with van der Waals surface area (Å²) in [4.78, 5) is 14.1. The predicted octanol–water partition coefficient (Wildman–Crippen LogP) is 4.15. The van der Waals surface area contributed by atoms with E-state index in [-0.39, 0.29) is 5.69 Å². The lowest BCUT2D eigenvalue weighted by Crippen LogP contribution is -2.02. The number of hydrogen-bond acceptors (Lipinski definition) is 5. The Kier molecular flexibility index (Phi) is 4.79. The zero-order chi connectivity index (χ0) is 18.7. The summed E-state index contributed by atoms with van der Waals surface area (Å²) < 4.78 is 2.20. The number of aromatic nitrogens is 2. The number of aryl methyl sites for hydroxylation is 2. The fourth-order valence-electron chi connectivity index (χ4n) is 2.83. The van der Waals surface area contributed by atoms with Gasteiger partial charge >= 0.3 is 0 Å². The number of hydrazone groups is 1. The van der Waals surface area contributed by atoms with Crippen LogP contribution in [0.15, 0.2) is 53.8 Å². The van der Waals surface area contributed by atoms with Gasteiger partial charge in [0.2, 0.25) is 0 Å². The molecule has 0 saturated carbocycles. The highest BCUT2D eigenvalue weighted by Crippen LogP contribution is 2.22. The highest BCUT2D eigenvalue weighted by molar-refractivity contribution is 5.82. The molecule has 0 aliphatic heterocycles. The maximum atomic E-state index is 10.6. The third-order valence-electron chi connectivity index (χ3n) is 4.17. The molecule has 1 N–H and O–H groups in total. The van der Waals surface area contributed by atoms with Crippen molar-refractivity contribution in [2.45, 2.75) is 20.8 Å². The standard InChI is InChI=1S/C19H19N5O2/c1-13-6-4-5-7-18(13)23-14(2)10-16(15(23)3)11-21-22-19-9-8-17(12-20-19)24(25)26/h4-12H,1-3H3,(H,20,22)/b21-11-. The summed E-state index contributed by atoms with van der Waals surface area (Å²) in [6.07, 6.45) is 2.92. The van der Waals surface area contributed by atoms with Gasteiger partial charge in [-0.2, -0.15) is 5.10 Å². The van der Waals surface area contributed by atoms with Crippen LogP contribution in [0, 0.1) is 30.9 Å². The molecule has 7 heteroatoms. The van der Waals surface area contributed by atoms with Crippen LogP contribution >= 0.6 is 0 Å². The van der Waals surface area contributed by atoms with Crippen LogP contribution in [0.3, 0.4) is 0 Å². The number of anilines is 1. The number of hydrogen-bond donors (Lipinski definition) is 1. The molecule has 0 amide bonds. The van der Waals surface area contributed by atoms with Crippen LogP contribution in [-0.4, -0.2) is 20.7 Å².